The Balaban J connectivity index is 1.47. The molecule has 1 unspecified atom stereocenters. The van der Waals surface area contributed by atoms with E-state index in [1.54, 1.807) is 0 Å². The zero-order valence-corrected chi connectivity index (χ0v) is 12.4. The van der Waals surface area contributed by atoms with Crippen LogP contribution in [0, 0.1) is 0 Å². The second kappa shape index (κ2) is 6.02. The number of benzene rings is 1. The summed E-state index contributed by atoms with van der Waals surface area (Å²) in [6.07, 6.45) is 2.54. The van der Waals surface area contributed by atoms with Gasteiger partial charge in [-0.05, 0) is 36.6 Å². The highest BCUT2D eigenvalue weighted by Crippen LogP contribution is 2.38. The van der Waals surface area contributed by atoms with Crippen LogP contribution in [0.3, 0.4) is 0 Å². The molecule has 0 amide bonds. The molecule has 1 saturated heterocycles. The quantitative estimate of drug-likeness (QED) is 0.940. The molecule has 0 bridgehead atoms. The summed E-state index contributed by atoms with van der Waals surface area (Å²) in [5, 5.41) is 11.7. The average Bonchev–Trinajstić information content (AvgIpc) is 3.42. The van der Waals surface area contributed by atoms with Gasteiger partial charge < -0.3 is 14.8 Å². The summed E-state index contributed by atoms with van der Waals surface area (Å²) in [5.74, 6) is 1.91. The topological polar surface area (TPSA) is 56.3 Å². The molecule has 2 aromatic rings. The van der Waals surface area contributed by atoms with Crippen LogP contribution in [0.15, 0.2) is 36.4 Å². The van der Waals surface area contributed by atoms with Crippen LogP contribution in [0.25, 0.3) is 0 Å². The van der Waals surface area contributed by atoms with E-state index in [9.17, 15) is 0 Å². The third-order valence-electron chi connectivity index (χ3n) is 4.04. The fraction of sp³-hybridized carbons (Fsp3) is 0.412. The third-order valence-corrected chi connectivity index (χ3v) is 4.04. The number of ether oxygens (including phenoxy) is 2. The molecule has 1 atom stereocenters. The van der Waals surface area contributed by atoms with Crippen molar-refractivity contribution in [3.05, 3.63) is 47.7 Å². The lowest BCUT2D eigenvalue weighted by atomic mass is 10.1. The molecule has 1 aromatic heterocycles. The smallest absolute Gasteiger partial charge is 0.238 e. The number of nitrogens with zero attached hydrogens (tertiary/aromatic N) is 2. The van der Waals surface area contributed by atoms with Gasteiger partial charge in [-0.15, -0.1) is 5.10 Å². The van der Waals surface area contributed by atoms with Gasteiger partial charge in [-0.25, -0.2) is 0 Å². The second-order valence-corrected chi connectivity index (χ2v) is 5.81. The van der Waals surface area contributed by atoms with Crippen LogP contribution in [-0.4, -0.2) is 29.9 Å². The lowest BCUT2D eigenvalue weighted by Crippen LogP contribution is -2.33. The predicted octanol–water partition coefficient (Wildman–Crippen LogP) is 2.81. The Morgan fingerprint density at radius 3 is 2.82 bits per heavy atom. The second-order valence-electron chi connectivity index (χ2n) is 5.81. The average molecular weight is 297 g/mol. The van der Waals surface area contributed by atoms with Crippen LogP contribution in [0.2, 0.25) is 0 Å². The number of hydrogen-bond donors (Lipinski definition) is 1. The highest BCUT2D eigenvalue weighted by molar-refractivity contribution is 5.33. The first kappa shape index (κ1) is 13.7. The molecular formula is C17H19N3O2. The lowest BCUT2D eigenvalue weighted by Gasteiger charge is -2.24. The Bertz CT molecular complexity index is 635. The SMILES string of the molecule is c1cc(Oc2ccc(C3CC3)nn2)cc(C2CNCCO2)c1. The lowest BCUT2D eigenvalue weighted by molar-refractivity contribution is 0.0276. The van der Waals surface area contributed by atoms with E-state index in [1.807, 2.05) is 30.3 Å². The van der Waals surface area contributed by atoms with Gasteiger partial charge in [0.05, 0.1) is 18.4 Å². The van der Waals surface area contributed by atoms with Gasteiger partial charge >= 0.3 is 0 Å². The maximum Gasteiger partial charge on any atom is 0.238 e. The van der Waals surface area contributed by atoms with Crippen LogP contribution in [0.1, 0.15) is 36.1 Å². The number of hydrogen-bond acceptors (Lipinski definition) is 5. The van der Waals surface area contributed by atoms with Gasteiger partial charge in [-0.1, -0.05) is 12.1 Å². The van der Waals surface area contributed by atoms with Crippen molar-refractivity contribution in [1.82, 2.24) is 15.5 Å². The van der Waals surface area contributed by atoms with E-state index in [4.69, 9.17) is 9.47 Å². The van der Waals surface area contributed by atoms with Crippen molar-refractivity contribution in [1.29, 1.82) is 0 Å². The molecule has 1 aromatic carbocycles. The molecule has 1 aliphatic carbocycles. The molecule has 1 aliphatic heterocycles. The molecule has 2 aliphatic rings. The number of nitrogens with one attached hydrogen (secondary N) is 1. The van der Waals surface area contributed by atoms with Gasteiger partial charge in [0.1, 0.15) is 5.75 Å². The Morgan fingerprint density at radius 2 is 2.09 bits per heavy atom. The first-order chi connectivity index (χ1) is 10.9. The minimum Gasteiger partial charge on any atom is -0.438 e. The highest BCUT2D eigenvalue weighted by atomic mass is 16.5. The Kier molecular flexibility index (Phi) is 3.74. The van der Waals surface area contributed by atoms with Crippen molar-refractivity contribution in [2.24, 2.45) is 0 Å². The van der Waals surface area contributed by atoms with E-state index < -0.39 is 0 Å². The largest absolute Gasteiger partial charge is 0.438 e. The van der Waals surface area contributed by atoms with Gasteiger partial charge in [0.15, 0.2) is 0 Å². The molecule has 4 rings (SSSR count). The fourth-order valence-electron chi connectivity index (χ4n) is 2.66. The van der Waals surface area contributed by atoms with E-state index in [0.717, 1.165) is 36.7 Å². The molecular weight excluding hydrogens is 278 g/mol. The normalized spacial score (nSPS) is 21.5. The number of aromatic nitrogens is 2. The monoisotopic (exact) mass is 297 g/mol. The summed E-state index contributed by atoms with van der Waals surface area (Å²) in [6, 6.07) is 11.9. The molecule has 1 N–H and O–H groups in total. The van der Waals surface area contributed by atoms with E-state index >= 15 is 0 Å². The maximum absolute atomic E-state index is 5.82. The predicted molar refractivity (Wildman–Crippen MR) is 82.1 cm³/mol. The molecule has 0 radical (unpaired) electrons. The van der Waals surface area contributed by atoms with Gasteiger partial charge in [-0.3, -0.25) is 0 Å². The van der Waals surface area contributed by atoms with Gasteiger partial charge in [0.2, 0.25) is 5.88 Å². The van der Waals surface area contributed by atoms with Crippen molar-refractivity contribution in [2.45, 2.75) is 24.9 Å². The first-order valence-electron chi connectivity index (χ1n) is 7.82. The minimum absolute atomic E-state index is 0.0839. The number of rotatable bonds is 4. The summed E-state index contributed by atoms with van der Waals surface area (Å²) < 4.78 is 11.6. The van der Waals surface area contributed by atoms with Gasteiger partial charge in [-0.2, -0.15) is 5.10 Å². The minimum atomic E-state index is 0.0839. The van der Waals surface area contributed by atoms with Crippen LogP contribution in [0.4, 0.5) is 0 Å². The Hall–Kier alpha value is -1.98. The van der Waals surface area contributed by atoms with Crippen LogP contribution < -0.4 is 10.1 Å². The summed E-state index contributed by atoms with van der Waals surface area (Å²) in [7, 11) is 0. The molecule has 5 heteroatoms. The van der Waals surface area contributed by atoms with Crippen LogP contribution in [-0.2, 0) is 4.74 Å². The van der Waals surface area contributed by atoms with Crippen LogP contribution in [0.5, 0.6) is 11.6 Å². The third kappa shape index (κ3) is 3.10. The van der Waals surface area contributed by atoms with E-state index in [1.165, 1.54) is 12.8 Å². The molecule has 2 fully saturated rings. The zero-order chi connectivity index (χ0) is 14.8. The zero-order valence-electron chi connectivity index (χ0n) is 12.4. The van der Waals surface area contributed by atoms with Crippen molar-refractivity contribution in [2.75, 3.05) is 19.7 Å². The van der Waals surface area contributed by atoms with Crippen LogP contribution >= 0.6 is 0 Å². The standard InChI is InChI=1S/C17H19N3O2/c1-2-13(16-11-18-8-9-21-16)10-14(3-1)22-17-7-6-15(19-20-17)12-4-5-12/h1-3,6-7,10,12,16,18H,4-5,8-9,11H2. The molecule has 2 heterocycles. The summed E-state index contributed by atoms with van der Waals surface area (Å²) in [5.41, 5.74) is 2.19. The van der Waals surface area contributed by atoms with Crippen molar-refractivity contribution >= 4 is 0 Å². The molecule has 5 nitrogen and oxygen atoms in total. The van der Waals surface area contributed by atoms with Crippen molar-refractivity contribution in [3.8, 4) is 11.6 Å². The van der Waals surface area contributed by atoms with E-state index in [2.05, 4.69) is 21.6 Å². The van der Waals surface area contributed by atoms with Gasteiger partial charge in [0, 0.05) is 25.1 Å². The molecule has 0 spiro atoms. The van der Waals surface area contributed by atoms with E-state index in [0.29, 0.717) is 11.8 Å². The Morgan fingerprint density at radius 1 is 1.14 bits per heavy atom. The van der Waals surface area contributed by atoms with E-state index in [-0.39, 0.29) is 6.10 Å². The van der Waals surface area contributed by atoms with Crippen molar-refractivity contribution in [3.63, 3.8) is 0 Å². The summed E-state index contributed by atoms with van der Waals surface area (Å²) in [6.45, 7) is 2.48. The number of morpholine rings is 1. The first-order valence-corrected chi connectivity index (χ1v) is 7.82. The summed E-state index contributed by atoms with van der Waals surface area (Å²) in [4.78, 5) is 0. The van der Waals surface area contributed by atoms with Crippen molar-refractivity contribution < 1.29 is 9.47 Å². The molecule has 1 saturated carbocycles. The maximum atomic E-state index is 5.82. The summed E-state index contributed by atoms with van der Waals surface area (Å²) >= 11 is 0. The Labute approximate surface area is 129 Å². The molecule has 22 heavy (non-hydrogen) atoms. The molecule has 114 valence electrons. The fourth-order valence-corrected chi connectivity index (χ4v) is 2.66. The van der Waals surface area contributed by atoms with Gasteiger partial charge in [0.25, 0.3) is 0 Å². The highest BCUT2D eigenvalue weighted by Gasteiger charge is 2.25.